The summed E-state index contributed by atoms with van der Waals surface area (Å²) in [5.41, 5.74) is 0.446. The highest BCUT2D eigenvalue weighted by Gasteiger charge is 2.54. The molecule has 0 aromatic heterocycles. The van der Waals surface area contributed by atoms with Crippen molar-refractivity contribution in [3.63, 3.8) is 0 Å². The maximum atomic E-state index is 6.91. The molecule has 0 N–H and O–H groups in total. The predicted octanol–water partition coefficient (Wildman–Crippen LogP) is 6.25. The van der Waals surface area contributed by atoms with Crippen molar-refractivity contribution in [1.82, 2.24) is 0 Å². The Morgan fingerprint density at radius 3 is 2.48 bits per heavy atom. The summed E-state index contributed by atoms with van der Waals surface area (Å²) in [5, 5.41) is 0.301. The minimum atomic E-state index is -1.68. The van der Waals surface area contributed by atoms with E-state index in [9.17, 15) is 0 Å². The fourth-order valence-corrected chi connectivity index (χ4v) is 6.51. The van der Waals surface area contributed by atoms with Gasteiger partial charge in [0.15, 0.2) is 8.32 Å². The smallest absolute Gasteiger partial charge is 0.192 e. The summed E-state index contributed by atoms with van der Waals surface area (Å²) < 4.78 is 6.91. The molecule has 2 aliphatic carbocycles. The Morgan fingerprint density at radius 1 is 1.26 bits per heavy atom. The highest BCUT2D eigenvalue weighted by Crippen LogP contribution is 2.59. The molecular formula is C21H38OSi. The second kappa shape index (κ2) is 6.56. The Balaban J connectivity index is 2.17. The van der Waals surface area contributed by atoms with E-state index in [0.717, 1.165) is 18.3 Å². The lowest BCUT2D eigenvalue weighted by molar-refractivity contribution is -0.0198. The first-order valence-electron chi connectivity index (χ1n) is 9.64. The van der Waals surface area contributed by atoms with Gasteiger partial charge in [0.05, 0.1) is 0 Å². The van der Waals surface area contributed by atoms with Crippen LogP contribution in [0.4, 0.5) is 0 Å². The summed E-state index contributed by atoms with van der Waals surface area (Å²) in [6.45, 7) is 16.8. The summed E-state index contributed by atoms with van der Waals surface area (Å²) in [6, 6.07) is 0. The number of hydrogen-bond donors (Lipinski definition) is 0. The van der Waals surface area contributed by atoms with Gasteiger partial charge in [-0.05, 0) is 67.0 Å². The van der Waals surface area contributed by atoms with Crippen LogP contribution in [0.2, 0.25) is 18.1 Å². The van der Waals surface area contributed by atoms with Gasteiger partial charge in [-0.25, -0.2) is 0 Å². The van der Waals surface area contributed by atoms with Crippen LogP contribution in [0.15, 0.2) is 0 Å². The van der Waals surface area contributed by atoms with Gasteiger partial charge < -0.3 is 4.43 Å². The van der Waals surface area contributed by atoms with Crippen molar-refractivity contribution in [1.29, 1.82) is 0 Å². The van der Waals surface area contributed by atoms with E-state index in [1.807, 2.05) is 0 Å². The molecule has 1 nitrogen and oxygen atoms in total. The second-order valence-corrected chi connectivity index (χ2v) is 14.7. The molecule has 0 aromatic carbocycles. The van der Waals surface area contributed by atoms with Crippen molar-refractivity contribution in [2.24, 2.45) is 23.2 Å². The molecule has 0 saturated heterocycles. The Labute approximate surface area is 146 Å². The van der Waals surface area contributed by atoms with Crippen LogP contribution in [0.3, 0.4) is 0 Å². The lowest BCUT2D eigenvalue weighted by Crippen LogP contribution is -2.50. The molecule has 132 valence electrons. The zero-order valence-electron chi connectivity index (χ0n) is 16.5. The zero-order valence-corrected chi connectivity index (χ0v) is 17.5. The summed E-state index contributed by atoms with van der Waals surface area (Å²) in [6.07, 6.45) is 13.7. The Morgan fingerprint density at radius 2 is 1.91 bits per heavy atom. The van der Waals surface area contributed by atoms with Crippen LogP contribution in [0.5, 0.6) is 0 Å². The zero-order chi connectivity index (χ0) is 17.5. The molecule has 0 radical (unpaired) electrons. The molecule has 0 amide bonds. The number of terminal acetylenes is 1. The predicted molar refractivity (Wildman–Crippen MR) is 103 cm³/mol. The molecule has 23 heavy (non-hydrogen) atoms. The average Bonchev–Trinajstić information content (AvgIpc) is 2.75. The molecule has 0 aliphatic heterocycles. The van der Waals surface area contributed by atoms with Gasteiger partial charge in [0.2, 0.25) is 0 Å². The lowest BCUT2D eigenvalue weighted by atomic mass is 9.61. The van der Waals surface area contributed by atoms with Gasteiger partial charge in [-0.3, -0.25) is 0 Å². The van der Waals surface area contributed by atoms with Gasteiger partial charge in [-0.1, -0.05) is 41.0 Å². The molecule has 2 saturated carbocycles. The van der Waals surface area contributed by atoms with E-state index < -0.39 is 8.32 Å². The van der Waals surface area contributed by atoms with Crippen molar-refractivity contribution < 1.29 is 4.43 Å². The first-order valence-corrected chi connectivity index (χ1v) is 12.5. The van der Waals surface area contributed by atoms with Gasteiger partial charge in [0, 0.05) is 12.5 Å². The first-order chi connectivity index (χ1) is 10.5. The van der Waals surface area contributed by atoms with Crippen LogP contribution in [0.25, 0.3) is 0 Å². The molecule has 2 rings (SSSR count). The minimum Gasteiger partial charge on any atom is -0.414 e. The van der Waals surface area contributed by atoms with Crippen LogP contribution in [-0.4, -0.2) is 14.4 Å². The highest BCUT2D eigenvalue weighted by molar-refractivity contribution is 6.74. The van der Waals surface area contributed by atoms with E-state index in [4.69, 9.17) is 10.8 Å². The Kier molecular flexibility index (Phi) is 5.44. The largest absolute Gasteiger partial charge is 0.414 e. The molecule has 0 spiro atoms. The minimum absolute atomic E-state index is 0.301. The molecule has 0 heterocycles. The van der Waals surface area contributed by atoms with Crippen LogP contribution in [0, 0.1) is 35.5 Å². The summed E-state index contributed by atoms with van der Waals surface area (Å²) >= 11 is 0. The quantitative estimate of drug-likeness (QED) is 0.436. The first kappa shape index (κ1) is 19.1. The standard InChI is InChI=1S/C21H38OSi/c1-9-11-16(2)17-13-14-18-19(12-10-15-21(17,18)6)22-23(7,8)20(3,4)5/h1,16-19H,10-15H2,2-8H3/t16?,17-,18+,19+,21-/m1/s1. The lowest BCUT2D eigenvalue weighted by Gasteiger charge is -2.49. The van der Waals surface area contributed by atoms with E-state index in [1.165, 1.54) is 32.1 Å². The van der Waals surface area contributed by atoms with Gasteiger partial charge in [0.25, 0.3) is 0 Å². The topological polar surface area (TPSA) is 9.23 Å². The summed E-state index contributed by atoms with van der Waals surface area (Å²) in [4.78, 5) is 0. The third-order valence-electron chi connectivity index (χ3n) is 7.51. The van der Waals surface area contributed by atoms with Gasteiger partial charge in [0.1, 0.15) is 0 Å². The second-order valence-electron chi connectivity index (χ2n) is 9.99. The molecule has 2 heteroatoms. The molecule has 1 unspecified atom stereocenters. The maximum absolute atomic E-state index is 6.91. The molecule has 2 aliphatic rings. The molecular weight excluding hydrogens is 296 g/mol. The summed E-state index contributed by atoms with van der Waals surface area (Å²) in [5.74, 6) is 5.09. The van der Waals surface area contributed by atoms with E-state index >= 15 is 0 Å². The van der Waals surface area contributed by atoms with Gasteiger partial charge >= 0.3 is 0 Å². The Hall–Kier alpha value is -0.263. The maximum Gasteiger partial charge on any atom is 0.192 e. The summed E-state index contributed by atoms with van der Waals surface area (Å²) in [7, 11) is -1.68. The van der Waals surface area contributed by atoms with E-state index in [1.54, 1.807) is 0 Å². The third-order valence-corrected chi connectivity index (χ3v) is 12.0. The van der Waals surface area contributed by atoms with E-state index in [-0.39, 0.29) is 0 Å². The van der Waals surface area contributed by atoms with Crippen LogP contribution in [-0.2, 0) is 4.43 Å². The monoisotopic (exact) mass is 334 g/mol. The van der Waals surface area contributed by atoms with Gasteiger partial charge in [-0.2, -0.15) is 0 Å². The van der Waals surface area contributed by atoms with Gasteiger partial charge in [-0.15, -0.1) is 12.3 Å². The number of fused-ring (bicyclic) bond motifs is 1. The normalized spacial score (nSPS) is 36.3. The van der Waals surface area contributed by atoms with Crippen molar-refractivity contribution in [3.05, 3.63) is 0 Å². The molecule has 0 aromatic rings. The number of rotatable bonds is 4. The Bertz CT molecular complexity index is 455. The van der Waals surface area contributed by atoms with E-state index in [2.05, 4.69) is 53.6 Å². The fraction of sp³-hybridized carbons (Fsp3) is 0.905. The van der Waals surface area contributed by atoms with Crippen molar-refractivity contribution >= 4 is 8.32 Å². The van der Waals surface area contributed by atoms with Crippen LogP contribution in [0.1, 0.15) is 73.1 Å². The van der Waals surface area contributed by atoms with Crippen LogP contribution >= 0.6 is 0 Å². The molecule has 5 atom stereocenters. The van der Waals surface area contributed by atoms with Crippen molar-refractivity contribution in [3.8, 4) is 12.3 Å². The SMILES string of the molecule is C#CCC(C)[C@H]1CC[C@H]2[C@@H](O[Si](C)(C)C(C)(C)C)CCC[C@]12C. The third kappa shape index (κ3) is 3.56. The average molecular weight is 335 g/mol. The van der Waals surface area contributed by atoms with Crippen molar-refractivity contribution in [2.45, 2.75) is 97.4 Å². The van der Waals surface area contributed by atoms with Crippen molar-refractivity contribution in [2.75, 3.05) is 0 Å². The van der Waals surface area contributed by atoms with E-state index in [0.29, 0.717) is 22.5 Å². The molecule has 0 bridgehead atoms. The highest BCUT2D eigenvalue weighted by atomic mass is 28.4. The number of hydrogen-bond acceptors (Lipinski definition) is 1. The van der Waals surface area contributed by atoms with Crippen LogP contribution < -0.4 is 0 Å². The fourth-order valence-electron chi connectivity index (χ4n) is 5.12. The molecule has 2 fully saturated rings.